The summed E-state index contributed by atoms with van der Waals surface area (Å²) in [5.41, 5.74) is 5.97. The van der Waals surface area contributed by atoms with Crippen molar-refractivity contribution in [3.63, 3.8) is 0 Å². The van der Waals surface area contributed by atoms with Crippen LogP contribution >= 0.6 is 0 Å². The number of hydrogen-bond donors (Lipinski definition) is 1. The van der Waals surface area contributed by atoms with E-state index < -0.39 is 0 Å². The van der Waals surface area contributed by atoms with Gasteiger partial charge >= 0.3 is 5.69 Å². The number of ether oxygens (including phenoxy) is 1. The van der Waals surface area contributed by atoms with Crippen molar-refractivity contribution in [3.8, 4) is 28.1 Å². The molecule has 1 atom stereocenters. The minimum atomic E-state index is -0.266. The van der Waals surface area contributed by atoms with Gasteiger partial charge in [-0.3, -0.25) is 4.68 Å². The van der Waals surface area contributed by atoms with Gasteiger partial charge in [0.2, 0.25) is 5.65 Å². The largest absolute Gasteiger partial charge is 0.489 e. The summed E-state index contributed by atoms with van der Waals surface area (Å²) in [6.45, 7) is 12.1. The summed E-state index contributed by atoms with van der Waals surface area (Å²) in [5.74, 6) is 0.949. The van der Waals surface area contributed by atoms with Crippen LogP contribution < -0.4 is 15.7 Å². The molecule has 0 saturated carbocycles. The van der Waals surface area contributed by atoms with E-state index in [4.69, 9.17) is 16.4 Å². The van der Waals surface area contributed by atoms with Crippen molar-refractivity contribution >= 4 is 11.3 Å². The molecule has 0 unspecified atom stereocenters. The first-order chi connectivity index (χ1) is 19.0. The molecule has 9 nitrogen and oxygen atoms in total. The van der Waals surface area contributed by atoms with E-state index in [0.29, 0.717) is 29.6 Å². The zero-order valence-electron chi connectivity index (χ0n) is 22.0. The molecule has 0 spiro atoms. The van der Waals surface area contributed by atoms with E-state index in [0.717, 1.165) is 53.2 Å². The molecule has 4 heterocycles. The molecule has 0 bridgehead atoms. The van der Waals surface area contributed by atoms with Gasteiger partial charge in [-0.25, -0.2) is 18.7 Å². The molecule has 1 fully saturated rings. The Balaban J connectivity index is 1.59. The summed E-state index contributed by atoms with van der Waals surface area (Å²) in [5, 5.41) is 12.6. The summed E-state index contributed by atoms with van der Waals surface area (Å²) in [4.78, 5) is 17.6. The van der Waals surface area contributed by atoms with Gasteiger partial charge in [0.1, 0.15) is 0 Å². The van der Waals surface area contributed by atoms with Crippen molar-refractivity contribution < 1.29 is 4.74 Å². The normalized spacial score (nSPS) is 15.1. The Morgan fingerprint density at radius 2 is 1.85 bits per heavy atom. The van der Waals surface area contributed by atoms with E-state index in [1.807, 2.05) is 68.7 Å². The standard InChI is InChI=1S/C30H29N7O2/c1-20-4-6-23(7-5-20)28-26(22-8-10-24(31-2)11-9-22)16-27(39-19-21-12-14-32-17-21)29-34-36(30(38)37(28)29)18-25-13-15-35(3)33-25/h4-11,13,15-16,21,32H,12,14,17-19H2,1,3H3/t21-/m1/s1. The molecule has 2 aromatic carbocycles. The van der Waals surface area contributed by atoms with E-state index in [-0.39, 0.29) is 12.2 Å². The number of hydrogen-bond acceptors (Lipinski definition) is 5. The zero-order valence-corrected chi connectivity index (χ0v) is 22.0. The molecule has 0 aliphatic carbocycles. The Kier molecular flexibility index (Phi) is 6.47. The lowest BCUT2D eigenvalue weighted by Crippen LogP contribution is -2.23. The lowest BCUT2D eigenvalue weighted by atomic mass is 9.98. The average molecular weight is 520 g/mol. The van der Waals surface area contributed by atoms with Crippen LogP contribution in [0.25, 0.3) is 32.9 Å². The van der Waals surface area contributed by atoms with Crippen LogP contribution in [0.3, 0.4) is 0 Å². The third-order valence-corrected chi connectivity index (χ3v) is 7.16. The Labute approximate surface area is 226 Å². The molecule has 1 saturated heterocycles. The van der Waals surface area contributed by atoms with Crippen molar-refractivity contribution in [2.24, 2.45) is 13.0 Å². The molecule has 9 heteroatoms. The van der Waals surface area contributed by atoms with Gasteiger partial charge in [0, 0.05) is 31.3 Å². The van der Waals surface area contributed by atoms with Gasteiger partial charge in [0.25, 0.3) is 0 Å². The first-order valence-electron chi connectivity index (χ1n) is 13.0. The first kappa shape index (κ1) is 24.6. The third kappa shape index (κ3) is 4.82. The molecule has 1 N–H and O–H groups in total. The van der Waals surface area contributed by atoms with Gasteiger partial charge < -0.3 is 10.1 Å². The third-order valence-electron chi connectivity index (χ3n) is 7.16. The highest BCUT2D eigenvalue weighted by molar-refractivity contribution is 5.85. The average Bonchev–Trinajstić information content (AvgIpc) is 3.70. The van der Waals surface area contributed by atoms with Crippen molar-refractivity contribution in [1.82, 2.24) is 29.3 Å². The highest BCUT2D eigenvalue weighted by Gasteiger charge is 2.23. The van der Waals surface area contributed by atoms with Gasteiger partial charge in [0.05, 0.1) is 31.1 Å². The van der Waals surface area contributed by atoms with E-state index in [1.165, 1.54) is 4.68 Å². The molecule has 5 aromatic rings. The molecular weight excluding hydrogens is 490 g/mol. The number of nitrogens with one attached hydrogen (secondary N) is 1. The highest BCUT2D eigenvalue weighted by Crippen LogP contribution is 2.37. The van der Waals surface area contributed by atoms with Gasteiger partial charge in [-0.1, -0.05) is 54.1 Å². The van der Waals surface area contributed by atoms with Crippen LogP contribution in [-0.2, 0) is 13.6 Å². The maximum Gasteiger partial charge on any atom is 0.351 e. The van der Waals surface area contributed by atoms with Crippen LogP contribution in [0.4, 0.5) is 5.69 Å². The molecule has 1 aliphatic rings. The Morgan fingerprint density at radius 1 is 1.08 bits per heavy atom. The fourth-order valence-corrected chi connectivity index (χ4v) is 5.06. The molecular formula is C30H29N7O2. The maximum atomic E-state index is 14.0. The molecule has 3 aromatic heterocycles. The predicted molar refractivity (Wildman–Crippen MR) is 150 cm³/mol. The van der Waals surface area contributed by atoms with Gasteiger partial charge in [-0.05, 0) is 43.1 Å². The number of benzene rings is 2. The Bertz CT molecular complexity index is 1730. The smallest absolute Gasteiger partial charge is 0.351 e. The summed E-state index contributed by atoms with van der Waals surface area (Å²) >= 11 is 0. The van der Waals surface area contributed by atoms with E-state index in [9.17, 15) is 4.79 Å². The summed E-state index contributed by atoms with van der Waals surface area (Å²) in [6.07, 6.45) is 2.90. The second-order valence-electron chi connectivity index (χ2n) is 10.0. The quantitative estimate of drug-likeness (QED) is 0.321. The summed E-state index contributed by atoms with van der Waals surface area (Å²) in [6, 6.07) is 19.4. The number of nitrogens with zero attached hydrogens (tertiary/aromatic N) is 6. The summed E-state index contributed by atoms with van der Waals surface area (Å²) < 4.78 is 11.2. The summed E-state index contributed by atoms with van der Waals surface area (Å²) in [7, 11) is 1.85. The zero-order chi connectivity index (χ0) is 26.9. The number of rotatable bonds is 7. The van der Waals surface area contributed by atoms with Crippen molar-refractivity contribution in [1.29, 1.82) is 0 Å². The Morgan fingerprint density at radius 3 is 2.51 bits per heavy atom. The van der Waals surface area contributed by atoms with Gasteiger partial charge in [-0.15, -0.1) is 5.10 Å². The molecule has 1 aliphatic heterocycles. The van der Waals surface area contributed by atoms with E-state index >= 15 is 0 Å². The number of pyridine rings is 1. The number of aromatic nitrogens is 5. The van der Waals surface area contributed by atoms with E-state index in [2.05, 4.69) is 15.3 Å². The van der Waals surface area contributed by atoms with Gasteiger partial charge in [-0.2, -0.15) is 5.10 Å². The van der Waals surface area contributed by atoms with Crippen LogP contribution in [0.2, 0.25) is 0 Å². The number of fused-ring (bicyclic) bond motifs is 1. The van der Waals surface area contributed by atoms with Crippen LogP contribution in [0, 0.1) is 19.4 Å². The van der Waals surface area contributed by atoms with Crippen LogP contribution in [0.1, 0.15) is 17.7 Å². The first-order valence-corrected chi connectivity index (χ1v) is 13.0. The fourth-order valence-electron chi connectivity index (χ4n) is 5.06. The van der Waals surface area contributed by atoms with Crippen LogP contribution in [-0.4, -0.2) is 43.7 Å². The second-order valence-corrected chi connectivity index (χ2v) is 10.0. The predicted octanol–water partition coefficient (Wildman–Crippen LogP) is 4.46. The van der Waals surface area contributed by atoms with Crippen molar-refractivity contribution in [2.75, 3.05) is 19.7 Å². The fraction of sp³-hybridized carbons (Fsp3) is 0.267. The lowest BCUT2D eigenvalue weighted by molar-refractivity contribution is 0.261. The molecule has 0 amide bonds. The monoisotopic (exact) mass is 519 g/mol. The molecule has 39 heavy (non-hydrogen) atoms. The van der Waals surface area contributed by atoms with Crippen LogP contribution in [0.5, 0.6) is 5.75 Å². The lowest BCUT2D eigenvalue weighted by Gasteiger charge is -2.17. The van der Waals surface area contributed by atoms with Crippen molar-refractivity contribution in [3.05, 3.63) is 100 Å². The Hall–Kier alpha value is -4.68. The van der Waals surface area contributed by atoms with Gasteiger partial charge in [0.15, 0.2) is 11.4 Å². The highest BCUT2D eigenvalue weighted by atomic mass is 16.5. The topological polar surface area (TPSA) is 82.7 Å². The molecule has 196 valence electrons. The van der Waals surface area contributed by atoms with Crippen LogP contribution in [0.15, 0.2) is 71.7 Å². The van der Waals surface area contributed by atoms with Crippen molar-refractivity contribution in [2.45, 2.75) is 19.9 Å². The minimum absolute atomic E-state index is 0.246. The SMILES string of the molecule is [C-]#[N+]c1ccc(-c2cc(OC[C@@H]3CCNC3)c3nn(Cc4ccn(C)n4)c(=O)n3c2-c2ccc(C)cc2)cc1. The minimum Gasteiger partial charge on any atom is -0.489 e. The second kappa shape index (κ2) is 10.2. The number of aryl methyl sites for hydroxylation is 2. The molecule has 6 rings (SSSR count). The maximum absolute atomic E-state index is 14.0. The van der Waals surface area contributed by atoms with E-state index in [1.54, 1.807) is 21.2 Å². The molecule has 0 radical (unpaired) electrons.